The van der Waals surface area contributed by atoms with Crippen LogP contribution >= 0.6 is 22.6 Å². The molecule has 1 aliphatic carbocycles. The number of nitrogens with zero attached hydrogens (tertiary/aromatic N) is 5. The van der Waals surface area contributed by atoms with Gasteiger partial charge in [-0.05, 0) is 53.6 Å². The maximum absolute atomic E-state index is 15.2. The molecule has 0 radical (unpaired) electrons. The lowest BCUT2D eigenvalue weighted by atomic mass is 10.3. The molecule has 8 nitrogen and oxygen atoms in total. The maximum Gasteiger partial charge on any atom is 0.349 e. The van der Waals surface area contributed by atoms with Crippen molar-refractivity contribution < 1.29 is 17.2 Å². The third kappa shape index (κ3) is 2.36. The minimum absolute atomic E-state index is 0.0324. The van der Waals surface area contributed by atoms with E-state index in [4.69, 9.17) is 0 Å². The van der Waals surface area contributed by atoms with Gasteiger partial charge in [0.2, 0.25) is 16.0 Å². The monoisotopic (exact) mass is 517 g/mol. The van der Waals surface area contributed by atoms with Gasteiger partial charge >= 0.3 is 5.69 Å². The molecule has 1 saturated carbocycles. The molecule has 0 spiro atoms. The fraction of sp³-hybridized carbons (Fsp3) is 0.188. The fourth-order valence-electron chi connectivity index (χ4n) is 3.13. The summed E-state index contributed by atoms with van der Waals surface area (Å²) in [4.78, 5) is 17.2. The van der Waals surface area contributed by atoms with Crippen molar-refractivity contribution in [3.63, 3.8) is 0 Å². The van der Waals surface area contributed by atoms with Crippen LogP contribution in [0.5, 0.6) is 0 Å². The first-order valence-electron chi connectivity index (χ1n) is 8.17. The van der Waals surface area contributed by atoms with E-state index < -0.39 is 38.2 Å². The van der Waals surface area contributed by atoms with Crippen LogP contribution in [0.3, 0.4) is 0 Å². The summed E-state index contributed by atoms with van der Waals surface area (Å²) in [6.45, 7) is 0. The van der Waals surface area contributed by atoms with Crippen LogP contribution in [0.1, 0.15) is 12.8 Å². The van der Waals surface area contributed by atoms with Crippen LogP contribution in [0, 0.1) is 15.3 Å². The highest BCUT2D eigenvalue weighted by atomic mass is 127. The van der Waals surface area contributed by atoms with Gasteiger partial charge in [-0.25, -0.2) is 22.6 Å². The first kappa shape index (κ1) is 17.7. The highest BCUT2D eigenvalue weighted by molar-refractivity contribution is 14.1. The van der Waals surface area contributed by atoms with Crippen molar-refractivity contribution in [2.24, 2.45) is 0 Å². The molecule has 0 amide bonds. The van der Waals surface area contributed by atoms with Gasteiger partial charge in [0.25, 0.3) is 0 Å². The zero-order chi connectivity index (χ0) is 19.8. The molecule has 1 aliphatic rings. The van der Waals surface area contributed by atoms with E-state index in [1.807, 2.05) is 22.6 Å². The van der Waals surface area contributed by atoms with Crippen LogP contribution < -0.4 is 5.69 Å². The van der Waals surface area contributed by atoms with E-state index in [1.165, 1.54) is 30.5 Å². The molecule has 4 aromatic rings. The van der Waals surface area contributed by atoms with Gasteiger partial charge in [0.05, 0.1) is 17.1 Å². The van der Waals surface area contributed by atoms with Crippen LogP contribution in [0.15, 0.2) is 35.3 Å². The van der Waals surface area contributed by atoms with E-state index in [0.717, 1.165) is 4.52 Å². The summed E-state index contributed by atoms with van der Waals surface area (Å²) in [5.74, 6) is -1.80. The molecular formula is C16H10F2IN5O3S. The van der Waals surface area contributed by atoms with E-state index >= 15 is 4.39 Å². The van der Waals surface area contributed by atoms with Gasteiger partial charge < -0.3 is 0 Å². The molecule has 5 rings (SSSR count). The molecule has 0 aliphatic heterocycles. The third-order valence-corrected chi connectivity index (χ3v) is 7.39. The Labute approximate surface area is 169 Å². The van der Waals surface area contributed by atoms with Gasteiger partial charge in [0.1, 0.15) is 5.82 Å². The average Bonchev–Trinajstić information content (AvgIpc) is 3.32. The van der Waals surface area contributed by atoms with E-state index in [-0.39, 0.29) is 17.0 Å². The van der Waals surface area contributed by atoms with Gasteiger partial charge in [-0.15, -0.1) is 0 Å². The molecule has 144 valence electrons. The lowest BCUT2D eigenvalue weighted by Crippen LogP contribution is -2.31. The highest BCUT2D eigenvalue weighted by Crippen LogP contribution is 2.32. The lowest BCUT2D eigenvalue weighted by Gasteiger charge is -2.06. The molecule has 12 heteroatoms. The van der Waals surface area contributed by atoms with Crippen molar-refractivity contribution in [1.82, 2.24) is 23.1 Å². The molecular weight excluding hydrogens is 507 g/mol. The zero-order valence-electron chi connectivity index (χ0n) is 13.9. The van der Waals surface area contributed by atoms with Gasteiger partial charge in [-0.1, -0.05) is 0 Å². The van der Waals surface area contributed by atoms with Crippen LogP contribution in [0.25, 0.3) is 22.5 Å². The Morgan fingerprint density at radius 3 is 2.61 bits per heavy atom. The minimum atomic E-state index is -4.10. The first-order chi connectivity index (χ1) is 13.3. The van der Waals surface area contributed by atoms with Crippen molar-refractivity contribution in [2.45, 2.75) is 18.1 Å². The topological polar surface area (TPSA) is 91.3 Å². The Balaban J connectivity index is 2.00. The molecule has 3 heterocycles. The van der Waals surface area contributed by atoms with Crippen molar-refractivity contribution >= 4 is 49.4 Å². The standard InChI is InChI=1S/C16H10F2IN5O3S/c17-10-7-8(19)1-4-11(10)22-13-14(18)23-12(5-6-20-23)21-15(13)24(16(22)25)28(26,27)9-2-3-9/h1,4-7,9H,2-3H2. The Kier molecular flexibility index (Phi) is 3.69. The van der Waals surface area contributed by atoms with Gasteiger partial charge in [0, 0.05) is 9.64 Å². The average molecular weight is 517 g/mol. The summed E-state index contributed by atoms with van der Waals surface area (Å²) in [6, 6.07) is 5.36. The number of hydrogen-bond donors (Lipinski definition) is 0. The van der Waals surface area contributed by atoms with E-state index in [2.05, 4.69) is 10.1 Å². The molecule has 0 atom stereocenters. The summed E-state index contributed by atoms with van der Waals surface area (Å²) in [5, 5.41) is 3.06. The van der Waals surface area contributed by atoms with Crippen LogP contribution in [-0.4, -0.2) is 36.8 Å². The molecule has 0 bridgehead atoms. The van der Waals surface area contributed by atoms with Gasteiger partial charge in [0.15, 0.2) is 16.8 Å². The molecule has 1 aromatic carbocycles. The summed E-state index contributed by atoms with van der Waals surface area (Å²) in [5.41, 5.74) is -2.18. The quantitative estimate of drug-likeness (QED) is 0.307. The number of aromatic nitrogens is 5. The third-order valence-electron chi connectivity index (χ3n) is 4.57. The zero-order valence-corrected chi connectivity index (χ0v) is 16.9. The number of rotatable bonds is 3. The lowest BCUT2D eigenvalue weighted by molar-refractivity contribution is 0.549. The minimum Gasteiger partial charge on any atom is -0.251 e. The molecule has 0 saturated heterocycles. The van der Waals surface area contributed by atoms with Crippen molar-refractivity contribution in [3.8, 4) is 5.69 Å². The molecule has 0 N–H and O–H groups in total. The smallest absolute Gasteiger partial charge is 0.251 e. The SMILES string of the molecule is O=c1n(-c2ccc(I)cc2F)c2c(F)n3nccc3nc2n1S(=O)(=O)C1CC1. The normalized spacial score (nSPS) is 15.0. The summed E-state index contributed by atoms with van der Waals surface area (Å²) < 4.78 is 58.2. The largest absolute Gasteiger partial charge is 0.349 e. The second kappa shape index (κ2) is 5.83. The Hall–Kier alpha value is -2.35. The second-order valence-electron chi connectivity index (χ2n) is 6.40. The molecule has 28 heavy (non-hydrogen) atoms. The number of fused-ring (bicyclic) bond motifs is 2. The van der Waals surface area contributed by atoms with E-state index in [9.17, 15) is 17.6 Å². The molecule has 0 unspecified atom stereocenters. The second-order valence-corrected chi connectivity index (χ2v) is 9.71. The predicted octanol–water partition coefficient (Wildman–Crippen LogP) is 2.06. The number of hydrogen-bond acceptors (Lipinski definition) is 5. The number of imidazole rings is 1. The van der Waals surface area contributed by atoms with E-state index in [0.29, 0.717) is 25.0 Å². The van der Waals surface area contributed by atoms with Crippen molar-refractivity contribution in [1.29, 1.82) is 0 Å². The maximum atomic E-state index is 15.2. The van der Waals surface area contributed by atoms with Gasteiger partial charge in [-0.3, -0.25) is 4.57 Å². The Morgan fingerprint density at radius 2 is 1.93 bits per heavy atom. The molecule has 1 fully saturated rings. The summed E-state index contributed by atoms with van der Waals surface area (Å²) >= 11 is 1.89. The van der Waals surface area contributed by atoms with Crippen molar-refractivity contribution in [2.75, 3.05) is 0 Å². The number of benzene rings is 1. The fourth-order valence-corrected chi connectivity index (χ4v) is 5.28. The Morgan fingerprint density at radius 1 is 1.18 bits per heavy atom. The number of halogens is 3. The first-order valence-corrected chi connectivity index (χ1v) is 10.8. The van der Waals surface area contributed by atoms with Crippen LogP contribution in [-0.2, 0) is 10.0 Å². The van der Waals surface area contributed by atoms with Crippen molar-refractivity contribution in [3.05, 3.63) is 56.3 Å². The van der Waals surface area contributed by atoms with E-state index in [1.54, 1.807) is 0 Å². The van der Waals surface area contributed by atoms with Crippen LogP contribution in [0.4, 0.5) is 8.78 Å². The van der Waals surface area contributed by atoms with Crippen LogP contribution in [0.2, 0.25) is 0 Å². The predicted molar refractivity (Wildman–Crippen MR) is 104 cm³/mol. The van der Waals surface area contributed by atoms with Gasteiger partial charge in [-0.2, -0.15) is 18.0 Å². The highest BCUT2D eigenvalue weighted by Gasteiger charge is 2.41. The summed E-state index contributed by atoms with van der Waals surface area (Å²) in [7, 11) is -4.10. The Bertz CT molecular complexity index is 1450. The molecule has 3 aromatic heterocycles. The summed E-state index contributed by atoms with van der Waals surface area (Å²) in [6.07, 6.45) is 2.09.